The summed E-state index contributed by atoms with van der Waals surface area (Å²) >= 11 is 0. The van der Waals surface area contributed by atoms with Crippen molar-refractivity contribution in [2.45, 2.75) is 45.1 Å². The summed E-state index contributed by atoms with van der Waals surface area (Å²) in [5.74, 6) is -1.30. The standard InChI is InChI=1S/C10H18O3/c1-7(10(12)13)9(11)8-5-3-2-4-6-8/h7-9,11H,2-6H2,1H3,(H,12,13)/t7-,9+/m1/s1. The van der Waals surface area contributed by atoms with Gasteiger partial charge in [-0.05, 0) is 25.7 Å². The molecule has 2 atom stereocenters. The van der Waals surface area contributed by atoms with E-state index in [-0.39, 0.29) is 5.92 Å². The number of hydrogen-bond acceptors (Lipinski definition) is 2. The Balaban J connectivity index is 2.44. The van der Waals surface area contributed by atoms with Gasteiger partial charge in [0.05, 0.1) is 12.0 Å². The molecule has 0 saturated heterocycles. The Hall–Kier alpha value is -0.570. The molecule has 0 heterocycles. The molecule has 2 N–H and O–H groups in total. The van der Waals surface area contributed by atoms with Gasteiger partial charge >= 0.3 is 5.97 Å². The van der Waals surface area contributed by atoms with Crippen molar-refractivity contribution in [1.82, 2.24) is 0 Å². The summed E-state index contributed by atoms with van der Waals surface area (Å²) in [5.41, 5.74) is 0. The number of aliphatic hydroxyl groups excluding tert-OH is 1. The lowest BCUT2D eigenvalue weighted by atomic mass is 9.81. The number of carboxylic acid groups (broad SMARTS) is 1. The second-order valence-corrected chi connectivity index (χ2v) is 4.02. The molecule has 0 spiro atoms. The average molecular weight is 186 g/mol. The minimum absolute atomic E-state index is 0.208. The summed E-state index contributed by atoms with van der Waals surface area (Å²) in [6.07, 6.45) is 4.81. The molecule has 0 aliphatic heterocycles. The molecular weight excluding hydrogens is 168 g/mol. The smallest absolute Gasteiger partial charge is 0.308 e. The van der Waals surface area contributed by atoms with E-state index >= 15 is 0 Å². The van der Waals surface area contributed by atoms with Gasteiger partial charge in [-0.3, -0.25) is 4.79 Å². The normalized spacial score (nSPS) is 23.8. The van der Waals surface area contributed by atoms with Crippen molar-refractivity contribution >= 4 is 5.97 Å². The molecule has 1 aliphatic rings. The molecule has 1 saturated carbocycles. The third-order valence-corrected chi connectivity index (χ3v) is 3.03. The first kappa shape index (κ1) is 10.5. The maximum absolute atomic E-state index is 10.6. The highest BCUT2D eigenvalue weighted by Crippen LogP contribution is 2.29. The Morgan fingerprint density at radius 3 is 2.31 bits per heavy atom. The molecule has 0 aromatic heterocycles. The van der Waals surface area contributed by atoms with Crippen LogP contribution in [-0.4, -0.2) is 22.3 Å². The molecule has 1 aliphatic carbocycles. The highest BCUT2D eigenvalue weighted by Gasteiger charge is 2.29. The van der Waals surface area contributed by atoms with E-state index in [1.165, 1.54) is 6.42 Å². The van der Waals surface area contributed by atoms with E-state index < -0.39 is 18.0 Å². The molecule has 1 rings (SSSR count). The first-order chi connectivity index (χ1) is 6.13. The first-order valence-electron chi connectivity index (χ1n) is 5.04. The van der Waals surface area contributed by atoms with Gasteiger partial charge in [-0.2, -0.15) is 0 Å². The third kappa shape index (κ3) is 2.69. The Kier molecular flexibility index (Phi) is 3.72. The molecule has 13 heavy (non-hydrogen) atoms. The fraction of sp³-hybridized carbons (Fsp3) is 0.900. The van der Waals surface area contributed by atoms with Crippen LogP contribution in [0.4, 0.5) is 0 Å². The van der Waals surface area contributed by atoms with Crippen LogP contribution in [0.25, 0.3) is 0 Å². The minimum Gasteiger partial charge on any atom is -0.481 e. The van der Waals surface area contributed by atoms with E-state index in [0.717, 1.165) is 25.7 Å². The number of aliphatic carboxylic acids is 1. The fourth-order valence-corrected chi connectivity index (χ4v) is 2.03. The number of carbonyl (C=O) groups is 1. The second-order valence-electron chi connectivity index (χ2n) is 4.02. The molecule has 76 valence electrons. The molecule has 0 unspecified atom stereocenters. The molecule has 0 radical (unpaired) electrons. The van der Waals surface area contributed by atoms with Gasteiger partial charge in [0.2, 0.25) is 0 Å². The highest BCUT2D eigenvalue weighted by atomic mass is 16.4. The summed E-state index contributed by atoms with van der Waals surface area (Å²) in [7, 11) is 0. The van der Waals surface area contributed by atoms with E-state index in [0.29, 0.717) is 0 Å². The Morgan fingerprint density at radius 1 is 1.31 bits per heavy atom. The monoisotopic (exact) mass is 186 g/mol. The number of aliphatic hydroxyl groups is 1. The van der Waals surface area contributed by atoms with Crippen LogP contribution < -0.4 is 0 Å². The van der Waals surface area contributed by atoms with Gasteiger partial charge in [-0.15, -0.1) is 0 Å². The van der Waals surface area contributed by atoms with E-state index in [1.807, 2.05) is 0 Å². The SMILES string of the molecule is C[C@@H](C(=O)O)[C@H](O)C1CCCCC1. The topological polar surface area (TPSA) is 57.5 Å². The lowest BCUT2D eigenvalue weighted by molar-refractivity contribution is -0.146. The van der Waals surface area contributed by atoms with Crippen LogP contribution in [-0.2, 0) is 4.79 Å². The lowest BCUT2D eigenvalue weighted by Gasteiger charge is -2.28. The molecule has 3 heteroatoms. The summed E-state index contributed by atoms with van der Waals surface area (Å²) in [6.45, 7) is 1.58. The van der Waals surface area contributed by atoms with Crippen molar-refractivity contribution in [2.24, 2.45) is 11.8 Å². The zero-order chi connectivity index (χ0) is 9.84. The highest BCUT2D eigenvalue weighted by molar-refractivity contribution is 5.70. The Bertz CT molecular complexity index is 173. The second kappa shape index (κ2) is 4.61. The van der Waals surface area contributed by atoms with Gasteiger partial charge in [-0.1, -0.05) is 19.3 Å². The largest absolute Gasteiger partial charge is 0.481 e. The summed E-state index contributed by atoms with van der Waals surface area (Å²) in [4.78, 5) is 10.6. The Labute approximate surface area is 78.8 Å². The van der Waals surface area contributed by atoms with E-state index in [4.69, 9.17) is 5.11 Å². The van der Waals surface area contributed by atoms with Gasteiger partial charge in [0.1, 0.15) is 0 Å². The van der Waals surface area contributed by atoms with Crippen molar-refractivity contribution in [3.63, 3.8) is 0 Å². The van der Waals surface area contributed by atoms with Crippen LogP contribution in [0.2, 0.25) is 0 Å². The summed E-state index contributed by atoms with van der Waals surface area (Å²) in [6, 6.07) is 0. The maximum Gasteiger partial charge on any atom is 0.308 e. The van der Waals surface area contributed by atoms with Crippen molar-refractivity contribution in [2.75, 3.05) is 0 Å². The van der Waals surface area contributed by atoms with E-state index in [1.54, 1.807) is 6.92 Å². The fourth-order valence-electron chi connectivity index (χ4n) is 2.03. The van der Waals surface area contributed by atoms with Gasteiger partial charge in [0.25, 0.3) is 0 Å². The van der Waals surface area contributed by atoms with Crippen molar-refractivity contribution in [3.8, 4) is 0 Å². The molecule has 0 bridgehead atoms. The van der Waals surface area contributed by atoms with Crippen molar-refractivity contribution in [3.05, 3.63) is 0 Å². The summed E-state index contributed by atoms with van der Waals surface area (Å²) < 4.78 is 0. The van der Waals surface area contributed by atoms with Crippen LogP contribution in [0, 0.1) is 11.8 Å². The molecule has 3 nitrogen and oxygen atoms in total. The van der Waals surface area contributed by atoms with Gasteiger partial charge in [0, 0.05) is 0 Å². The van der Waals surface area contributed by atoms with Crippen LogP contribution in [0.1, 0.15) is 39.0 Å². The van der Waals surface area contributed by atoms with Crippen LogP contribution in [0.15, 0.2) is 0 Å². The van der Waals surface area contributed by atoms with Crippen LogP contribution >= 0.6 is 0 Å². The predicted octanol–water partition coefficient (Wildman–Crippen LogP) is 1.65. The molecule has 0 aromatic rings. The van der Waals surface area contributed by atoms with Crippen molar-refractivity contribution in [1.29, 1.82) is 0 Å². The minimum atomic E-state index is -0.891. The van der Waals surface area contributed by atoms with Gasteiger partial charge < -0.3 is 10.2 Å². The molecule has 0 amide bonds. The first-order valence-corrected chi connectivity index (χ1v) is 5.04. The molecule has 1 fully saturated rings. The van der Waals surface area contributed by atoms with Crippen LogP contribution in [0.5, 0.6) is 0 Å². The molecular formula is C10H18O3. The van der Waals surface area contributed by atoms with Crippen LogP contribution in [0.3, 0.4) is 0 Å². The van der Waals surface area contributed by atoms with Crippen molar-refractivity contribution < 1.29 is 15.0 Å². The zero-order valence-electron chi connectivity index (χ0n) is 8.07. The maximum atomic E-state index is 10.6. The Morgan fingerprint density at radius 2 is 1.85 bits per heavy atom. The molecule has 0 aromatic carbocycles. The van der Waals surface area contributed by atoms with Gasteiger partial charge in [-0.25, -0.2) is 0 Å². The number of carboxylic acids is 1. The average Bonchev–Trinajstić information content (AvgIpc) is 2.17. The summed E-state index contributed by atoms with van der Waals surface area (Å²) in [5, 5.41) is 18.5. The quantitative estimate of drug-likeness (QED) is 0.704. The van der Waals surface area contributed by atoms with E-state index in [9.17, 15) is 9.90 Å². The third-order valence-electron chi connectivity index (χ3n) is 3.03. The lowest BCUT2D eigenvalue weighted by Crippen LogP contribution is -2.33. The zero-order valence-corrected chi connectivity index (χ0v) is 8.07. The van der Waals surface area contributed by atoms with Gasteiger partial charge in [0.15, 0.2) is 0 Å². The number of rotatable bonds is 3. The van der Waals surface area contributed by atoms with E-state index in [2.05, 4.69) is 0 Å². The predicted molar refractivity (Wildman–Crippen MR) is 49.4 cm³/mol. The number of hydrogen-bond donors (Lipinski definition) is 2.